The first kappa shape index (κ1) is 53.9. The van der Waals surface area contributed by atoms with E-state index in [0.717, 1.165) is 70.6 Å². The van der Waals surface area contributed by atoms with E-state index in [4.69, 9.17) is 14.2 Å². The molecule has 0 aromatic carbocycles. The SMILES string of the molecule is CC/C=C\C/C=C\C/C=C\C/C=C\CCCOCC(COC(=O)CCCCCCCCCCCCCCCCCCCCC)OC(=O)CCCCCCCCC. The fraction of sp³-hybridized carbons (Fsp3) is 0.804. The van der Waals surface area contributed by atoms with Crippen LogP contribution >= 0.6 is 0 Å². The van der Waals surface area contributed by atoms with Crippen molar-refractivity contribution in [1.82, 2.24) is 0 Å². The number of allylic oxidation sites excluding steroid dienone is 8. The molecule has 0 aliphatic carbocycles. The molecule has 56 heavy (non-hydrogen) atoms. The second-order valence-corrected chi connectivity index (χ2v) is 16.0. The molecule has 0 aliphatic heterocycles. The highest BCUT2D eigenvalue weighted by atomic mass is 16.6. The third kappa shape index (κ3) is 44.6. The predicted molar refractivity (Wildman–Crippen MR) is 242 cm³/mol. The Kier molecular flexibility index (Phi) is 45.4. The van der Waals surface area contributed by atoms with Crippen molar-refractivity contribution in [2.24, 2.45) is 0 Å². The van der Waals surface area contributed by atoms with Gasteiger partial charge in [-0.2, -0.15) is 0 Å². The van der Waals surface area contributed by atoms with E-state index in [1.165, 1.54) is 135 Å². The number of esters is 2. The summed E-state index contributed by atoms with van der Waals surface area (Å²) >= 11 is 0. The van der Waals surface area contributed by atoms with Crippen LogP contribution in [0.2, 0.25) is 0 Å². The third-order valence-electron chi connectivity index (χ3n) is 10.4. The fourth-order valence-electron chi connectivity index (χ4n) is 6.81. The minimum Gasteiger partial charge on any atom is -0.462 e. The number of carbonyl (C=O) groups excluding carboxylic acids is 2. The van der Waals surface area contributed by atoms with Gasteiger partial charge in [0, 0.05) is 19.4 Å². The predicted octanol–water partition coefficient (Wildman–Crippen LogP) is 16.0. The van der Waals surface area contributed by atoms with Gasteiger partial charge in [0.05, 0.1) is 6.61 Å². The first-order chi connectivity index (χ1) is 27.6. The molecule has 1 unspecified atom stereocenters. The average molecular weight is 785 g/mol. The van der Waals surface area contributed by atoms with E-state index in [2.05, 4.69) is 69.4 Å². The van der Waals surface area contributed by atoms with Gasteiger partial charge in [-0.05, 0) is 51.4 Å². The molecule has 5 heteroatoms. The summed E-state index contributed by atoms with van der Waals surface area (Å²) in [6, 6.07) is 0. The van der Waals surface area contributed by atoms with Gasteiger partial charge in [0.1, 0.15) is 6.61 Å². The maximum absolute atomic E-state index is 12.6. The highest BCUT2D eigenvalue weighted by Crippen LogP contribution is 2.15. The minimum absolute atomic E-state index is 0.0670. The largest absolute Gasteiger partial charge is 0.462 e. The van der Waals surface area contributed by atoms with Crippen molar-refractivity contribution in [3.63, 3.8) is 0 Å². The molecule has 0 aromatic heterocycles. The first-order valence-electron chi connectivity index (χ1n) is 24.2. The van der Waals surface area contributed by atoms with E-state index in [0.29, 0.717) is 19.4 Å². The van der Waals surface area contributed by atoms with Crippen molar-refractivity contribution in [3.05, 3.63) is 48.6 Å². The van der Waals surface area contributed by atoms with Gasteiger partial charge in [0.25, 0.3) is 0 Å². The molecular formula is C51H92O5. The van der Waals surface area contributed by atoms with Crippen LogP contribution in [-0.2, 0) is 23.8 Å². The summed E-state index contributed by atoms with van der Waals surface area (Å²) in [5.74, 6) is -0.425. The monoisotopic (exact) mass is 785 g/mol. The molecule has 1 atom stereocenters. The van der Waals surface area contributed by atoms with E-state index in [1.54, 1.807) is 0 Å². The molecule has 326 valence electrons. The van der Waals surface area contributed by atoms with Crippen LogP contribution < -0.4 is 0 Å². The molecule has 0 aromatic rings. The summed E-state index contributed by atoms with van der Waals surface area (Å²) < 4.78 is 17.2. The Morgan fingerprint density at radius 2 is 0.786 bits per heavy atom. The molecule has 0 rings (SSSR count). The number of carbonyl (C=O) groups is 2. The van der Waals surface area contributed by atoms with Crippen molar-refractivity contribution in [3.8, 4) is 0 Å². The minimum atomic E-state index is -0.557. The Hall–Kier alpha value is -2.14. The topological polar surface area (TPSA) is 61.8 Å². The van der Waals surface area contributed by atoms with E-state index in [-0.39, 0.29) is 25.2 Å². The van der Waals surface area contributed by atoms with Crippen LogP contribution in [0.3, 0.4) is 0 Å². The zero-order chi connectivity index (χ0) is 40.7. The molecule has 0 bridgehead atoms. The molecule has 5 nitrogen and oxygen atoms in total. The van der Waals surface area contributed by atoms with Gasteiger partial charge in [-0.3, -0.25) is 9.59 Å². The van der Waals surface area contributed by atoms with Crippen LogP contribution in [0.1, 0.15) is 239 Å². The van der Waals surface area contributed by atoms with Gasteiger partial charge in [-0.1, -0.05) is 223 Å². The van der Waals surface area contributed by atoms with Crippen LogP contribution in [0, 0.1) is 0 Å². The Balaban J connectivity index is 4.13. The molecule has 0 radical (unpaired) electrons. The number of unbranched alkanes of at least 4 members (excludes halogenated alkanes) is 25. The van der Waals surface area contributed by atoms with E-state index < -0.39 is 6.10 Å². The molecule has 0 aliphatic rings. The zero-order valence-corrected chi connectivity index (χ0v) is 37.4. The molecule has 0 spiro atoms. The van der Waals surface area contributed by atoms with Gasteiger partial charge in [-0.25, -0.2) is 0 Å². The number of hydrogen-bond donors (Lipinski definition) is 0. The maximum Gasteiger partial charge on any atom is 0.306 e. The number of rotatable bonds is 44. The molecule has 0 amide bonds. The van der Waals surface area contributed by atoms with Gasteiger partial charge < -0.3 is 14.2 Å². The lowest BCUT2D eigenvalue weighted by atomic mass is 10.0. The van der Waals surface area contributed by atoms with Gasteiger partial charge >= 0.3 is 11.9 Å². The average Bonchev–Trinajstić information content (AvgIpc) is 3.20. The summed E-state index contributed by atoms with van der Waals surface area (Å²) in [5, 5.41) is 0. The lowest BCUT2D eigenvalue weighted by Crippen LogP contribution is -2.30. The summed E-state index contributed by atoms with van der Waals surface area (Å²) in [6.45, 7) is 7.57. The summed E-state index contributed by atoms with van der Waals surface area (Å²) in [6.07, 6.45) is 57.1. The Morgan fingerprint density at radius 3 is 1.21 bits per heavy atom. The standard InChI is InChI=1S/C51H92O5/c1-4-7-10-13-16-18-20-22-24-25-26-27-28-29-31-33-36-38-41-44-50(52)55-48-49(56-51(53)45-42-39-35-15-12-9-6-3)47-54-46-43-40-37-34-32-30-23-21-19-17-14-11-8-5-2/h8,11,17,19,23,30,34,37,49H,4-7,9-10,12-16,18,20-22,24-29,31-33,35-36,38-48H2,1-3H3/b11-8-,19-17-,30-23-,37-34-. The molecule has 0 saturated carbocycles. The van der Waals surface area contributed by atoms with Gasteiger partial charge in [0.15, 0.2) is 6.10 Å². The van der Waals surface area contributed by atoms with Crippen LogP contribution in [0.4, 0.5) is 0 Å². The van der Waals surface area contributed by atoms with Crippen molar-refractivity contribution in [1.29, 1.82) is 0 Å². The van der Waals surface area contributed by atoms with Gasteiger partial charge in [0.2, 0.25) is 0 Å². The Morgan fingerprint density at radius 1 is 0.411 bits per heavy atom. The van der Waals surface area contributed by atoms with Crippen LogP contribution in [0.25, 0.3) is 0 Å². The van der Waals surface area contributed by atoms with Crippen LogP contribution in [0.15, 0.2) is 48.6 Å². The number of ether oxygens (including phenoxy) is 3. The zero-order valence-electron chi connectivity index (χ0n) is 37.4. The summed E-state index contributed by atoms with van der Waals surface area (Å²) in [5.41, 5.74) is 0. The maximum atomic E-state index is 12.6. The smallest absolute Gasteiger partial charge is 0.306 e. The molecule has 0 fully saturated rings. The van der Waals surface area contributed by atoms with Crippen molar-refractivity contribution in [2.45, 2.75) is 245 Å². The normalized spacial score (nSPS) is 12.6. The molecule has 0 N–H and O–H groups in total. The van der Waals surface area contributed by atoms with E-state index >= 15 is 0 Å². The van der Waals surface area contributed by atoms with E-state index in [1.807, 2.05) is 0 Å². The third-order valence-corrected chi connectivity index (χ3v) is 10.4. The van der Waals surface area contributed by atoms with Crippen molar-refractivity contribution in [2.75, 3.05) is 19.8 Å². The quantitative estimate of drug-likeness (QED) is 0.0350. The second-order valence-electron chi connectivity index (χ2n) is 16.0. The van der Waals surface area contributed by atoms with Crippen LogP contribution in [-0.4, -0.2) is 37.9 Å². The van der Waals surface area contributed by atoms with Crippen LogP contribution in [0.5, 0.6) is 0 Å². The Labute approximate surface area is 348 Å². The molecule has 0 saturated heterocycles. The van der Waals surface area contributed by atoms with Crippen molar-refractivity contribution < 1.29 is 23.8 Å². The Bertz CT molecular complexity index is 935. The molecular weight excluding hydrogens is 693 g/mol. The first-order valence-corrected chi connectivity index (χ1v) is 24.2. The highest BCUT2D eigenvalue weighted by Gasteiger charge is 2.17. The van der Waals surface area contributed by atoms with Crippen molar-refractivity contribution >= 4 is 11.9 Å². The lowest BCUT2D eigenvalue weighted by molar-refractivity contribution is -0.163. The second kappa shape index (κ2) is 47.2. The summed E-state index contributed by atoms with van der Waals surface area (Å²) in [7, 11) is 0. The number of hydrogen-bond acceptors (Lipinski definition) is 5. The van der Waals surface area contributed by atoms with Gasteiger partial charge in [-0.15, -0.1) is 0 Å². The highest BCUT2D eigenvalue weighted by molar-refractivity contribution is 5.70. The molecule has 0 heterocycles. The van der Waals surface area contributed by atoms with E-state index in [9.17, 15) is 9.59 Å². The fourth-order valence-corrected chi connectivity index (χ4v) is 6.81. The lowest BCUT2D eigenvalue weighted by Gasteiger charge is -2.18. The summed E-state index contributed by atoms with van der Waals surface area (Å²) in [4.78, 5) is 25.2.